The number of hydrogen-bond acceptors (Lipinski definition) is 4. The van der Waals surface area contributed by atoms with Crippen LogP contribution in [0.5, 0.6) is 0 Å². The minimum atomic E-state index is -3.26. The maximum atomic E-state index is 11.6. The van der Waals surface area contributed by atoms with E-state index in [0.717, 1.165) is 24.6 Å². The SMILES string of the molecule is CS(=O)(=O)c1cccc(NCCC2CCCC2)c1N. The van der Waals surface area contributed by atoms with Gasteiger partial charge in [-0.2, -0.15) is 0 Å². The fourth-order valence-electron chi connectivity index (χ4n) is 2.73. The summed E-state index contributed by atoms with van der Waals surface area (Å²) in [6.07, 6.45) is 7.64. The van der Waals surface area contributed by atoms with Crippen LogP contribution in [0.15, 0.2) is 23.1 Å². The summed E-state index contributed by atoms with van der Waals surface area (Å²) in [6, 6.07) is 5.11. The van der Waals surface area contributed by atoms with E-state index in [4.69, 9.17) is 5.73 Å². The first-order chi connectivity index (χ1) is 8.98. The molecule has 0 unspecified atom stereocenters. The van der Waals surface area contributed by atoms with Crippen molar-refractivity contribution in [3.8, 4) is 0 Å². The second kappa shape index (κ2) is 5.82. The second-order valence-electron chi connectivity index (χ2n) is 5.36. The van der Waals surface area contributed by atoms with Crippen LogP contribution < -0.4 is 11.1 Å². The van der Waals surface area contributed by atoms with E-state index in [9.17, 15) is 8.42 Å². The first-order valence-electron chi connectivity index (χ1n) is 6.81. The maximum absolute atomic E-state index is 11.6. The molecule has 4 nitrogen and oxygen atoms in total. The summed E-state index contributed by atoms with van der Waals surface area (Å²) >= 11 is 0. The highest BCUT2D eigenvalue weighted by Gasteiger charge is 2.16. The molecule has 0 saturated heterocycles. The molecule has 0 aliphatic heterocycles. The molecule has 0 atom stereocenters. The maximum Gasteiger partial charge on any atom is 0.177 e. The molecule has 0 aromatic heterocycles. The zero-order valence-electron chi connectivity index (χ0n) is 11.4. The molecule has 1 aliphatic rings. The Morgan fingerprint density at radius 2 is 2.00 bits per heavy atom. The van der Waals surface area contributed by atoms with E-state index in [0.29, 0.717) is 5.69 Å². The molecule has 5 heteroatoms. The van der Waals surface area contributed by atoms with E-state index in [2.05, 4.69) is 5.32 Å². The smallest absolute Gasteiger partial charge is 0.177 e. The molecule has 1 aliphatic carbocycles. The number of benzene rings is 1. The number of nitrogens with one attached hydrogen (secondary N) is 1. The lowest BCUT2D eigenvalue weighted by Gasteiger charge is -2.14. The van der Waals surface area contributed by atoms with E-state index in [1.165, 1.54) is 31.9 Å². The summed E-state index contributed by atoms with van der Waals surface area (Å²) in [6.45, 7) is 0.849. The minimum absolute atomic E-state index is 0.207. The lowest BCUT2D eigenvalue weighted by Crippen LogP contribution is -2.10. The van der Waals surface area contributed by atoms with Crippen LogP contribution in [0.25, 0.3) is 0 Å². The fraction of sp³-hybridized carbons (Fsp3) is 0.571. The molecule has 3 N–H and O–H groups in total. The summed E-state index contributed by atoms with van der Waals surface area (Å²) < 4.78 is 23.2. The molecule has 0 radical (unpaired) electrons. The molecule has 1 fully saturated rings. The van der Waals surface area contributed by atoms with Crippen LogP contribution >= 0.6 is 0 Å². The van der Waals surface area contributed by atoms with Crippen molar-refractivity contribution in [3.63, 3.8) is 0 Å². The molecule has 1 saturated carbocycles. The van der Waals surface area contributed by atoms with Gasteiger partial charge in [0.25, 0.3) is 0 Å². The fourth-order valence-corrected chi connectivity index (χ4v) is 3.57. The number of nitrogen functional groups attached to an aromatic ring is 1. The highest BCUT2D eigenvalue weighted by molar-refractivity contribution is 7.90. The molecule has 0 amide bonds. The Hall–Kier alpha value is -1.23. The number of sulfone groups is 1. The van der Waals surface area contributed by atoms with E-state index in [1.54, 1.807) is 12.1 Å². The summed E-state index contributed by atoms with van der Waals surface area (Å²) in [5.41, 5.74) is 6.98. The minimum Gasteiger partial charge on any atom is -0.396 e. The second-order valence-corrected chi connectivity index (χ2v) is 7.34. The lowest BCUT2D eigenvalue weighted by atomic mass is 10.0. The first-order valence-corrected chi connectivity index (χ1v) is 8.70. The lowest BCUT2D eigenvalue weighted by molar-refractivity contribution is 0.518. The topological polar surface area (TPSA) is 72.2 Å². The third-order valence-corrected chi connectivity index (χ3v) is 4.96. The third-order valence-electron chi connectivity index (χ3n) is 3.81. The highest BCUT2D eigenvalue weighted by Crippen LogP contribution is 2.29. The quantitative estimate of drug-likeness (QED) is 0.814. The largest absolute Gasteiger partial charge is 0.396 e. The normalized spacial score (nSPS) is 16.7. The van der Waals surface area contributed by atoms with Crippen molar-refractivity contribution in [1.29, 1.82) is 0 Å². The Bertz CT molecular complexity index is 534. The van der Waals surface area contributed by atoms with Crippen LogP contribution in [-0.4, -0.2) is 21.2 Å². The van der Waals surface area contributed by atoms with Gasteiger partial charge in [-0.15, -0.1) is 0 Å². The van der Waals surface area contributed by atoms with Crippen molar-refractivity contribution in [1.82, 2.24) is 0 Å². The predicted octanol–water partition coefficient (Wildman–Crippen LogP) is 2.66. The summed E-state index contributed by atoms with van der Waals surface area (Å²) in [7, 11) is -3.26. The van der Waals surface area contributed by atoms with Crippen molar-refractivity contribution in [2.45, 2.75) is 37.0 Å². The molecule has 1 aromatic rings. The van der Waals surface area contributed by atoms with Crippen LogP contribution in [0.3, 0.4) is 0 Å². The average molecular weight is 282 g/mol. The van der Waals surface area contributed by atoms with Crippen LogP contribution in [-0.2, 0) is 9.84 Å². The molecule has 0 bridgehead atoms. The summed E-state index contributed by atoms with van der Waals surface area (Å²) in [4.78, 5) is 0.207. The third kappa shape index (κ3) is 3.62. The van der Waals surface area contributed by atoms with Gasteiger partial charge >= 0.3 is 0 Å². The number of para-hydroxylation sites is 1. The van der Waals surface area contributed by atoms with Gasteiger partial charge < -0.3 is 11.1 Å². The molecular weight excluding hydrogens is 260 g/mol. The number of hydrogen-bond donors (Lipinski definition) is 2. The van der Waals surface area contributed by atoms with Crippen LogP contribution in [0.1, 0.15) is 32.1 Å². The van der Waals surface area contributed by atoms with Crippen molar-refractivity contribution in [2.75, 3.05) is 23.9 Å². The zero-order valence-corrected chi connectivity index (χ0v) is 12.2. The number of nitrogens with two attached hydrogens (primary N) is 1. The molecule has 1 aromatic carbocycles. The summed E-state index contributed by atoms with van der Waals surface area (Å²) in [5.74, 6) is 0.812. The van der Waals surface area contributed by atoms with E-state index in [1.807, 2.05) is 6.07 Å². The summed E-state index contributed by atoms with van der Waals surface area (Å²) in [5, 5.41) is 3.26. The Morgan fingerprint density at radius 1 is 1.32 bits per heavy atom. The molecule has 0 heterocycles. The van der Waals surface area contributed by atoms with Gasteiger partial charge in [0.05, 0.1) is 16.3 Å². The molecule has 0 spiro atoms. The molecule has 2 rings (SSSR count). The zero-order chi connectivity index (χ0) is 13.9. The van der Waals surface area contributed by atoms with Crippen molar-refractivity contribution < 1.29 is 8.42 Å². The van der Waals surface area contributed by atoms with E-state index in [-0.39, 0.29) is 4.90 Å². The average Bonchev–Trinajstić information content (AvgIpc) is 2.83. The first kappa shape index (κ1) is 14.2. The van der Waals surface area contributed by atoms with Gasteiger partial charge in [-0.05, 0) is 24.5 Å². The van der Waals surface area contributed by atoms with Gasteiger partial charge in [-0.25, -0.2) is 8.42 Å². The van der Waals surface area contributed by atoms with Gasteiger partial charge in [0.15, 0.2) is 9.84 Å². The van der Waals surface area contributed by atoms with E-state index < -0.39 is 9.84 Å². The predicted molar refractivity (Wildman–Crippen MR) is 79.0 cm³/mol. The number of rotatable bonds is 5. The van der Waals surface area contributed by atoms with Crippen molar-refractivity contribution >= 4 is 21.2 Å². The van der Waals surface area contributed by atoms with Crippen LogP contribution in [0, 0.1) is 5.92 Å². The van der Waals surface area contributed by atoms with Crippen LogP contribution in [0.2, 0.25) is 0 Å². The van der Waals surface area contributed by atoms with Gasteiger partial charge in [0.1, 0.15) is 0 Å². The molecule has 106 valence electrons. The monoisotopic (exact) mass is 282 g/mol. The van der Waals surface area contributed by atoms with Gasteiger partial charge in [-0.3, -0.25) is 0 Å². The Morgan fingerprint density at radius 3 is 2.63 bits per heavy atom. The van der Waals surface area contributed by atoms with Gasteiger partial charge in [0, 0.05) is 12.8 Å². The van der Waals surface area contributed by atoms with Crippen molar-refractivity contribution in [2.24, 2.45) is 5.92 Å². The van der Waals surface area contributed by atoms with Gasteiger partial charge in [-0.1, -0.05) is 31.7 Å². The standard InChI is InChI=1S/C14H22N2O2S/c1-19(17,18)13-8-4-7-12(14(13)15)16-10-9-11-5-2-3-6-11/h4,7-8,11,16H,2-3,5-6,9-10,15H2,1H3. The molecular formula is C14H22N2O2S. The van der Waals surface area contributed by atoms with E-state index >= 15 is 0 Å². The molecule has 19 heavy (non-hydrogen) atoms. The highest BCUT2D eigenvalue weighted by atomic mass is 32.2. The number of anilines is 2. The Kier molecular flexibility index (Phi) is 4.34. The van der Waals surface area contributed by atoms with Crippen LogP contribution in [0.4, 0.5) is 11.4 Å². The Balaban J connectivity index is 2.00. The van der Waals surface area contributed by atoms with Gasteiger partial charge in [0.2, 0.25) is 0 Å². The Labute approximate surface area is 115 Å². The van der Waals surface area contributed by atoms with Crippen molar-refractivity contribution in [3.05, 3.63) is 18.2 Å².